The van der Waals surface area contributed by atoms with Crippen molar-refractivity contribution in [1.82, 2.24) is 10.2 Å². The first-order valence-corrected chi connectivity index (χ1v) is 6.64. The number of nitrogens with zero attached hydrogens (tertiary/aromatic N) is 1. The van der Waals surface area contributed by atoms with Crippen molar-refractivity contribution in [3.8, 4) is 0 Å². The minimum atomic E-state index is -0.0458. The fraction of sp³-hybridized carbons (Fsp3) is 0.727. The number of carbonyl (C=O) groups excluding carboxylic acids is 1. The summed E-state index contributed by atoms with van der Waals surface area (Å²) in [6.07, 6.45) is 1.75. The molecule has 1 rings (SSSR count). The lowest BCUT2D eigenvalue weighted by Gasteiger charge is -2.29. The molecular weight excluding hydrogens is 224 g/mol. The van der Waals surface area contributed by atoms with Crippen LogP contribution in [0, 0.1) is 0 Å². The molecule has 4 nitrogen and oxygen atoms in total. The zero-order chi connectivity index (χ0) is 11.8. The number of thioether (sulfide) groups is 1. The fourth-order valence-electron chi connectivity index (χ4n) is 1.59. The van der Waals surface area contributed by atoms with E-state index in [9.17, 15) is 4.79 Å². The van der Waals surface area contributed by atoms with Gasteiger partial charge in [0.15, 0.2) is 0 Å². The lowest BCUT2D eigenvalue weighted by Crippen LogP contribution is -2.51. The highest BCUT2D eigenvalue weighted by Gasteiger charge is 2.24. The third-order valence-corrected chi connectivity index (χ3v) is 3.51. The largest absolute Gasteiger partial charge is 0.383 e. The third-order valence-electron chi connectivity index (χ3n) is 2.45. The smallest absolute Gasteiger partial charge is 0.240 e. The van der Waals surface area contributed by atoms with Crippen LogP contribution in [0.15, 0.2) is 12.7 Å². The van der Waals surface area contributed by atoms with Gasteiger partial charge >= 0.3 is 0 Å². The van der Waals surface area contributed by atoms with Crippen molar-refractivity contribution in [1.29, 1.82) is 0 Å². The predicted octanol–water partition coefficient (Wildman–Crippen LogP) is 0.352. The Hall–Kier alpha value is -0.520. The lowest BCUT2D eigenvalue weighted by molar-refractivity contribution is -0.133. The second-order valence-corrected chi connectivity index (χ2v) is 4.80. The Bertz CT molecular complexity index is 230. The van der Waals surface area contributed by atoms with Crippen LogP contribution in [0.1, 0.15) is 0 Å². The van der Waals surface area contributed by atoms with Crippen LogP contribution in [0.4, 0.5) is 0 Å². The van der Waals surface area contributed by atoms with Crippen molar-refractivity contribution in [2.75, 3.05) is 44.9 Å². The molecular formula is C11H20N2O2S. The molecule has 1 aliphatic heterocycles. The Labute approximate surface area is 101 Å². The highest BCUT2D eigenvalue weighted by Crippen LogP contribution is 2.10. The van der Waals surface area contributed by atoms with Gasteiger partial charge in [0.25, 0.3) is 0 Å². The van der Waals surface area contributed by atoms with E-state index in [1.54, 1.807) is 18.1 Å². The molecule has 1 amide bonds. The maximum atomic E-state index is 12.1. The zero-order valence-corrected chi connectivity index (χ0v) is 10.6. The molecule has 1 aliphatic rings. The zero-order valence-electron chi connectivity index (χ0n) is 9.78. The molecule has 1 atom stereocenters. The summed E-state index contributed by atoms with van der Waals surface area (Å²) >= 11 is 1.82. The van der Waals surface area contributed by atoms with Gasteiger partial charge in [-0.05, 0) is 0 Å². The monoisotopic (exact) mass is 244 g/mol. The first kappa shape index (κ1) is 13.5. The number of ether oxygens (including phenoxy) is 1. The third kappa shape index (κ3) is 4.15. The molecule has 0 aromatic carbocycles. The number of hydrogen-bond donors (Lipinski definition) is 1. The summed E-state index contributed by atoms with van der Waals surface area (Å²) in [5.41, 5.74) is 0. The van der Waals surface area contributed by atoms with E-state index in [0.29, 0.717) is 19.7 Å². The van der Waals surface area contributed by atoms with Gasteiger partial charge < -0.3 is 15.0 Å². The Morgan fingerprint density at radius 1 is 1.75 bits per heavy atom. The van der Waals surface area contributed by atoms with Gasteiger partial charge in [-0.1, -0.05) is 6.08 Å². The van der Waals surface area contributed by atoms with Crippen LogP contribution in [-0.4, -0.2) is 61.7 Å². The van der Waals surface area contributed by atoms with Crippen LogP contribution >= 0.6 is 11.8 Å². The molecule has 16 heavy (non-hydrogen) atoms. The van der Waals surface area contributed by atoms with Crippen molar-refractivity contribution in [3.63, 3.8) is 0 Å². The highest BCUT2D eigenvalue weighted by molar-refractivity contribution is 7.99. The average Bonchev–Trinajstić information content (AvgIpc) is 2.35. The molecule has 1 fully saturated rings. The molecule has 0 aliphatic carbocycles. The molecule has 1 saturated heterocycles. The van der Waals surface area contributed by atoms with E-state index in [0.717, 1.165) is 18.1 Å². The molecule has 0 saturated carbocycles. The molecule has 1 heterocycles. The number of hydrogen-bond acceptors (Lipinski definition) is 4. The molecule has 92 valence electrons. The molecule has 0 aromatic heterocycles. The van der Waals surface area contributed by atoms with E-state index in [2.05, 4.69) is 11.9 Å². The standard InChI is InChI=1S/C11H20N2O2S/c1-3-5-13(6-7-15-2)11(14)10-9-16-8-4-12-10/h3,10,12H,1,4-9H2,2H3. The summed E-state index contributed by atoms with van der Waals surface area (Å²) in [4.78, 5) is 13.9. The van der Waals surface area contributed by atoms with Crippen molar-refractivity contribution in [2.45, 2.75) is 6.04 Å². The maximum Gasteiger partial charge on any atom is 0.240 e. The van der Waals surface area contributed by atoms with Crippen LogP contribution < -0.4 is 5.32 Å². The van der Waals surface area contributed by atoms with Gasteiger partial charge in [-0.3, -0.25) is 4.79 Å². The van der Waals surface area contributed by atoms with Crippen LogP contribution in [-0.2, 0) is 9.53 Å². The van der Waals surface area contributed by atoms with Gasteiger partial charge in [0, 0.05) is 38.2 Å². The first-order chi connectivity index (χ1) is 7.79. The van der Waals surface area contributed by atoms with Gasteiger partial charge in [0.2, 0.25) is 5.91 Å². The summed E-state index contributed by atoms with van der Waals surface area (Å²) in [6, 6.07) is -0.0458. The summed E-state index contributed by atoms with van der Waals surface area (Å²) < 4.78 is 5.00. The van der Waals surface area contributed by atoms with E-state index in [4.69, 9.17) is 4.74 Å². The van der Waals surface area contributed by atoms with Crippen molar-refractivity contribution in [3.05, 3.63) is 12.7 Å². The van der Waals surface area contributed by atoms with Crippen molar-refractivity contribution < 1.29 is 9.53 Å². The minimum Gasteiger partial charge on any atom is -0.383 e. The normalized spacial score (nSPS) is 20.4. The number of methoxy groups -OCH3 is 1. The van der Waals surface area contributed by atoms with E-state index >= 15 is 0 Å². The molecule has 1 N–H and O–H groups in total. The summed E-state index contributed by atoms with van der Waals surface area (Å²) in [5.74, 6) is 2.10. The minimum absolute atomic E-state index is 0.0458. The van der Waals surface area contributed by atoms with Crippen LogP contribution in [0.5, 0.6) is 0 Å². The predicted molar refractivity (Wildman–Crippen MR) is 67.8 cm³/mol. The van der Waals surface area contributed by atoms with Crippen LogP contribution in [0.3, 0.4) is 0 Å². The van der Waals surface area contributed by atoms with Crippen molar-refractivity contribution in [2.24, 2.45) is 0 Å². The lowest BCUT2D eigenvalue weighted by atomic mass is 10.2. The molecule has 0 bridgehead atoms. The highest BCUT2D eigenvalue weighted by atomic mass is 32.2. The molecule has 0 radical (unpaired) electrons. The van der Waals surface area contributed by atoms with Crippen LogP contribution in [0.2, 0.25) is 0 Å². The molecule has 5 heteroatoms. The van der Waals surface area contributed by atoms with E-state index in [-0.39, 0.29) is 11.9 Å². The fourth-order valence-corrected chi connectivity index (χ4v) is 2.52. The number of nitrogens with one attached hydrogen (secondary N) is 1. The SMILES string of the molecule is C=CCN(CCOC)C(=O)C1CSCCN1. The Balaban J connectivity index is 2.47. The van der Waals surface area contributed by atoms with Gasteiger partial charge in [-0.15, -0.1) is 6.58 Å². The van der Waals surface area contributed by atoms with Gasteiger partial charge in [-0.25, -0.2) is 0 Å². The van der Waals surface area contributed by atoms with Gasteiger partial charge in [0.1, 0.15) is 0 Å². The summed E-state index contributed by atoms with van der Waals surface area (Å²) in [6.45, 7) is 6.37. The van der Waals surface area contributed by atoms with Gasteiger partial charge in [0.05, 0.1) is 12.6 Å². The van der Waals surface area contributed by atoms with E-state index in [1.165, 1.54) is 0 Å². The maximum absolute atomic E-state index is 12.1. The topological polar surface area (TPSA) is 41.6 Å². The van der Waals surface area contributed by atoms with Crippen molar-refractivity contribution >= 4 is 17.7 Å². The van der Waals surface area contributed by atoms with E-state index in [1.807, 2.05) is 11.8 Å². The number of rotatable bonds is 6. The van der Waals surface area contributed by atoms with E-state index < -0.39 is 0 Å². The summed E-state index contributed by atoms with van der Waals surface area (Å²) in [5, 5.41) is 3.25. The number of carbonyl (C=O) groups is 1. The Morgan fingerprint density at radius 3 is 3.12 bits per heavy atom. The van der Waals surface area contributed by atoms with Crippen LogP contribution in [0.25, 0.3) is 0 Å². The second-order valence-electron chi connectivity index (χ2n) is 3.65. The second kappa shape index (κ2) is 7.70. The Kier molecular flexibility index (Phi) is 6.52. The van der Waals surface area contributed by atoms with Gasteiger partial charge in [-0.2, -0.15) is 11.8 Å². The first-order valence-electron chi connectivity index (χ1n) is 5.49. The average molecular weight is 244 g/mol. The number of amides is 1. The quantitative estimate of drug-likeness (QED) is 0.685. The summed E-state index contributed by atoms with van der Waals surface area (Å²) in [7, 11) is 1.64. The molecule has 0 spiro atoms. The molecule has 1 unspecified atom stereocenters. The Morgan fingerprint density at radius 2 is 2.56 bits per heavy atom. The molecule has 0 aromatic rings.